The molecule has 1 heterocycles. The van der Waals surface area contributed by atoms with Crippen LogP contribution in [0.4, 0.5) is 0 Å². The number of rotatable bonds is 7. The molecular formula is C29H37N3O2. The van der Waals surface area contributed by atoms with Crippen molar-refractivity contribution in [3.8, 4) is 36.5 Å². The number of nitriles is 1. The van der Waals surface area contributed by atoms with E-state index in [0.29, 0.717) is 30.7 Å². The van der Waals surface area contributed by atoms with Gasteiger partial charge in [0.2, 0.25) is 5.88 Å². The molecule has 5 heteroatoms. The molecule has 1 aliphatic heterocycles. The second-order valence-electron chi connectivity index (χ2n) is 7.74. The van der Waals surface area contributed by atoms with Crippen LogP contribution < -0.4 is 4.74 Å². The Kier molecular flexibility index (Phi) is 15.0. The van der Waals surface area contributed by atoms with Gasteiger partial charge in [0.05, 0.1) is 24.3 Å². The van der Waals surface area contributed by atoms with Crippen molar-refractivity contribution in [1.29, 1.82) is 5.26 Å². The van der Waals surface area contributed by atoms with Gasteiger partial charge < -0.3 is 9.47 Å². The molecule has 0 aliphatic carbocycles. The lowest BCUT2D eigenvalue weighted by Gasteiger charge is -2.37. The van der Waals surface area contributed by atoms with Gasteiger partial charge in [-0.2, -0.15) is 10.4 Å². The highest BCUT2D eigenvalue weighted by atomic mass is 16.5. The van der Waals surface area contributed by atoms with Gasteiger partial charge in [0.25, 0.3) is 0 Å². The minimum absolute atomic E-state index is 0.239. The van der Waals surface area contributed by atoms with Crippen LogP contribution in [0.5, 0.6) is 5.75 Å². The lowest BCUT2D eigenvalue weighted by atomic mass is 9.91. The smallest absolute Gasteiger partial charge is 0.242 e. The molecule has 0 aromatic heterocycles. The molecule has 5 nitrogen and oxygen atoms in total. The Bertz CT molecular complexity index is 996. The summed E-state index contributed by atoms with van der Waals surface area (Å²) in [7, 11) is 0. The molecular weight excluding hydrogens is 422 g/mol. The van der Waals surface area contributed by atoms with Crippen molar-refractivity contribution in [3.63, 3.8) is 0 Å². The predicted octanol–water partition coefficient (Wildman–Crippen LogP) is 7.68. The predicted molar refractivity (Wildman–Crippen MR) is 140 cm³/mol. The average molecular weight is 460 g/mol. The first-order valence-corrected chi connectivity index (χ1v) is 11.4. The van der Waals surface area contributed by atoms with Crippen molar-refractivity contribution < 1.29 is 9.47 Å². The number of benzene rings is 1. The van der Waals surface area contributed by atoms with Crippen molar-refractivity contribution in [1.82, 2.24) is 0 Å². The third-order valence-corrected chi connectivity index (χ3v) is 4.37. The lowest BCUT2D eigenvalue weighted by molar-refractivity contribution is -0.00608. The molecule has 1 aromatic rings. The number of nitrogens with zero attached hydrogens (tertiary/aromatic N) is 3. The third kappa shape index (κ3) is 11.2. The number of terminal acetylenes is 2. The second kappa shape index (κ2) is 16.8. The van der Waals surface area contributed by atoms with Crippen LogP contribution in [0.25, 0.3) is 0 Å². The van der Waals surface area contributed by atoms with Gasteiger partial charge in [-0.05, 0) is 45.4 Å². The number of hydrogen-bond acceptors (Lipinski definition) is 5. The van der Waals surface area contributed by atoms with Gasteiger partial charge in [0, 0.05) is 18.4 Å². The zero-order chi connectivity index (χ0) is 26.0. The van der Waals surface area contributed by atoms with Crippen molar-refractivity contribution in [2.45, 2.75) is 72.5 Å². The van der Waals surface area contributed by atoms with Gasteiger partial charge in [-0.25, -0.2) is 0 Å². The molecule has 2 rings (SSSR count). The molecule has 1 aromatic carbocycles. The lowest BCUT2D eigenvalue weighted by Crippen LogP contribution is -2.35. The van der Waals surface area contributed by atoms with Crippen LogP contribution in [-0.4, -0.2) is 12.1 Å². The van der Waals surface area contributed by atoms with E-state index in [1.165, 1.54) is 6.08 Å². The summed E-state index contributed by atoms with van der Waals surface area (Å²) in [5, 5.41) is 17.5. The number of azo groups is 1. The van der Waals surface area contributed by atoms with Crippen molar-refractivity contribution in [3.05, 3.63) is 65.6 Å². The Morgan fingerprint density at radius 1 is 1.35 bits per heavy atom. The van der Waals surface area contributed by atoms with Crippen LogP contribution >= 0.6 is 0 Å². The molecule has 0 amide bonds. The maximum atomic E-state index is 9.20. The highest BCUT2D eigenvalue weighted by Gasteiger charge is 2.35. The van der Waals surface area contributed by atoms with E-state index >= 15 is 0 Å². The largest absolute Gasteiger partial charge is 0.487 e. The van der Waals surface area contributed by atoms with Gasteiger partial charge in [-0.3, -0.25) is 0 Å². The molecule has 1 atom stereocenters. The monoisotopic (exact) mass is 459 g/mol. The Morgan fingerprint density at radius 3 is 2.59 bits per heavy atom. The molecule has 0 saturated carbocycles. The van der Waals surface area contributed by atoms with Crippen molar-refractivity contribution >= 4 is 0 Å². The SMILES string of the molecule is C#C/C=C(\N=NC/C(C)=C/CC#C)O[C@H]1CC(C)(C)Oc2ccc(C#N)cc21.C=CCC.CC. The summed E-state index contributed by atoms with van der Waals surface area (Å²) < 4.78 is 12.1. The van der Waals surface area contributed by atoms with Gasteiger partial charge in [-0.15, -0.1) is 30.5 Å². The first kappa shape index (κ1) is 30.2. The normalized spacial score (nSPS) is 16.0. The van der Waals surface area contributed by atoms with Gasteiger partial charge in [-0.1, -0.05) is 44.4 Å². The average Bonchev–Trinajstić information content (AvgIpc) is 2.83. The molecule has 0 fully saturated rings. The van der Waals surface area contributed by atoms with Crippen LogP contribution in [0, 0.1) is 36.0 Å². The highest BCUT2D eigenvalue weighted by Crippen LogP contribution is 2.42. The fourth-order valence-electron chi connectivity index (χ4n) is 2.78. The minimum atomic E-state index is -0.432. The fraction of sp³-hybridized carbons (Fsp3) is 0.414. The van der Waals surface area contributed by atoms with Crippen LogP contribution in [-0.2, 0) is 4.74 Å². The summed E-state index contributed by atoms with van der Waals surface area (Å²) in [6.07, 6.45) is 17.8. The molecule has 0 spiro atoms. The molecule has 0 unspecified atom stereocenters. The maximum absolute atomic E-state index is 9.20. The van der Waals surface area contributed by atoms with E-state index in [4.69, 9.17) is 22.3 Å². The molecule has 0 saturated heterocycles. The number of allylic oxidation sites excluding steroid dienone is 3. The Hall–Kier alpha value is -3.75. The molecule has 0 bridgehead atoms. The standard InChI is InChI=1S/C23H23N3O2.C4H8.C2H6/c1-6-8-10-17(3)16-25-26-22(9-7-2)27-21-14-23(4,5)28-20-12-11-18(15-24)13-19(20)21;1-3-4-2;1-2/h1-2,9-13,21H,8,14,16H2,3-5H3;3H,1,4H2,2H3;1-2H3/b17-10+,22-9+,26-25?;;/t21-;;/m0../s1. The third-order valence-electron chi connectivity index (χ3n) is 4.37. The second-order valence-corrected chi connectivity index (χ2v) is 7.74. The van der Waals surface area contributed by atoms with Crippen LogP contribution in [0.3, 0.4) is 0 Å². The minimum Gasteiger partial charge on any atom is -0.487 e. The van der Waals surface area contributed by atoms with Crippen LogP contribution in [0.15, 0.2) is 64.7 Å². The first-order valence-electron chi connectivity index (χ1n) is 11.4. The van der Waals surface area contributed by atoms with Crippen LogP contribution in [0.1, 0.15) is 78.0 Å². The summed E-state index contributed by atoms with van der Waals surface area (Å²) in [6, 6.07) is 7.42. The van der Waals surface area contributed by atoms with Crippen molar-refractivity contribution in [2.75, 3.05) is 6.54 Å². The van der Waals surface area contributed by atoms with E-state index < -0.39 is 5.60 Å². The first-order chi connectivity index (χ1) is 16.3. The molecule has 1 aliphatic rings. The van der Waals surface area contributed by atoms with E-state index in [1.54, 1.807) is 18.2 Å². The summed E-state index contributed by atoms with van der Waals surface area (Å²) in [6.45, 7) is 15.8. The summed E-state index contributed by atoms with van der Waals surface area (Å²) in [4.78, 5) is 0. The van der Waals surface area contributed by atoms with Gasteiger partial charge >= 0.3 is 0 Å². The van der Waals surface area contributed by atoms with E-state index in [9.17, 15) is 5.26 Å². The number of ether oxygens (including phenoxy) is 2. The molecule has 34 heavy (non-hydrogen) atoms. The van der Waals surface area contributed by atoms with Gasteiger partial charge in [0.15, 0.2) is 0 Å². The van der Waals surface area contributed by atoms with E-state index in [2.05, 4.69) is 41.6 Å². The van der Waals surface area contributed by atoms with E-state index in [-0.39, 0.29) is 12.0 Å². The molecule has 0 radical (unpaired) electrons. The summed E-state index contributed by atoms with van der Waals surface area (Å²) >= 11 is 0. The maximum Gasteiger partial charge on any atom is 0.242 e. The Morgan fingerprint density at radius 2 is 2.03 bits per heavy atom. The number of hydrogen-bond donors (Lipinski definition) is 0. The molecule has 0 N–H and O–H groups in total. The Labute approximate surface area is 206 Å². The zero-order valence-corrected chi connectivity index (χ0v) is 21.4. The van der Waals surface area contributed by atoms with E-state index in [0.717, 1.165) is 17.6 Å². The summed E-state index contributed by atoms with van der Waals surface area (Å²) in [5.74, 6) is 5.91. The topological polar surface area (TPSA) is 67.0 Å². The van der Waals surface area contributed by atoms with Crippen molar-refractivity contribution in [2.24, 2.45) is 10.2 Å². The van der Waals surface area contributed by atoms with Crippen LogP contribution in [0.2, 0.25) is 0 Å². The van der Waals surface area contributed by atoms with E-state index in [1.807, 2.05) is 46.8 Å². The fourth-order valence-corrected chi connectivity index (χ4v) is 2.78. The quantitative estimate of drug-likeness (QED) is 0.182. The number of fused-ring (bicyclic) bond motifs is 1. The zero-order valence-electron chi connectivity index (χ0n) is 21.4. The highest BCUT2D eigenvalue weighted by molar-refractivity contribution is 5.45. The summed E-state index contributed by atoms with van der Waals surface area (Å²) in [5.41, 5.74) is 1.91. The molecule has 180 valence electrons. The Balaban J connectivity index is 0.00000164. The van der Waals surface area contributed by atoms with Gasteiger partial charge in [0.1, 0.15) is 17.5 Å².